The maximum Gasteiger partial charge on any atom is 0.326 e. The molecule has 2 aliphatic rings. The number of hydrogen-bond acceptors (Lipinski definition) is 5. The normalized spacial score (nSPS) is 24.8. The summed E-state index contributed by atoms with van der Waals surface area (Å²) in [4.78, 5) is 25.6. The van der Waals surface area contributed by atoms with E-state index < -0.39 is 27.9 Å². The number of carbonyl (C=O) groups excluding carboxylic acids is 1. The summed E-state index contributed by atoms with van der Waals surface area (Å²) in [6, 6.07) is 0.317. The summed E-state index contributed by atoms with van der Waals surface area (Å²) in [5.41, 5.74) is 0. The topological polar surface area (TPSA) is 108 Å². The van der Waals surface area contributed by atoms with Crippen LogP contribution in [0.5, 0.6) is 0 Å². The Balaban J connectivity index is 1.88. The van der Waals surface area contributed by atoms with Crippen LogP contribution in [0.3, 0.4) is 0 Å². The monoisotopic (exact) mass is 384 g/mol. The summed E-state index contributed by atoms with van der Waals surface area (Å²) in [7, 11) is -3.70. The van der Waals surface area contributed by atoms with Gasteiger partial charge in [-0.3, -0.25) is 4.79 Å². The average Bonchev–Trinajstić information content (AvgIpc) is 3.24. The lowest BCUT2D eigenvalue weighted by Gasteiger charge is -2.35. The smallest absolute Gasteiger partial charge is 0.326 e. The van der Waals surface area contributed by atoms with Crippen LogP contribution in [-0.2, 0) is 14.8 Å². The van der Waals surface area contributed by atoms with Gasteiger partial charge in [0, 0.05) is 25.7 Å². The molecule has 26 heavy (non-hydrogen) atoms. The van der Waals surface area contributed by atoms with Gasteiger partial charge in [-0.25, -0.2) is 13.2 Å². The number of sulfonamides is 1. The number of carboxylic acids is 1. The molecule has 2 atom stereocenters. The van der Waals surface area contributed by atoms with E-state index in [0.29, 0.717) is 32.5 Å². The van der Waals surface area contributed by atoms with Crippen LogP contribution in [-0.4, -0.2) is 60.3 Å². The molecule has 0 radical (unpaired) electrons. The van der Waals surface area contributed by atoms with E-state index in [0.717, 1.165) is 12.8 Å². The van der Waals surface area contributed by atoms with Gasteiger partial charge in [0.05, 0.1) is 0 Å². The van der Waals surface area contributed by atoms with E-state index in [9.17, 15) is 23.1 Å². The summed E-state index contributed by atoms with van der Waals surface area (Å²) in [6.07, 6.45) is 2.70. The first-order valence-corrected chi connectivity index (χ1v) is 10.3. The average molecular weight is 384 g/mol. The number of likely N-dealkylation sites (tertiary alicyclic amines) is 1. The first-order valence-electron chi connectivity index (χ1n) is 8.86. The molecule has 0 spiro atoms. The van der Waals surface area contributed by atoms with Gasteiger partial charge in [0.1, 0.15) is 16.7 Å². The van der Waals surface area contributed by atoms with Crippen molar-refractivity contribution in [3.63, 3.8) is 0 Å². The second-order valence-electron chi connectivity index (χ2n) is 7.12. The van der Waals surface area contributed by atoms with Crippen LogP contribution in [0.1, 0.15) is 48.9 Å². The number of furan rings is 1. The van der Waals surface area contributed by atoms with E-state index in [1.165, 1.54) is 22.2 Å². The Bertz CT molecular complexity index is 809. The molecular formula is C17H24N2O6S. The lowest BCUT2D eigenvalue weighted by atomic mass is 9.92. The van der Waals surface area contributed by atoms with Gasteiger partial charge in [-0.05, 0) is 38.5 Å². The van der Waals surface area contributed by atoms with Gasteiger partial charge in [-0.1, -0.05) is 6.92 Å². The molecule has 2 unspecified atom stereocenters. The van der Waals surface area contributed by atoms with Crippen molar-refractivity contribution in [2.45, 2.75) is 50.5 Å². The van der Waals surface area contributed by atoms with Gasteiger partial charge in [-0.15, -0.1) is 0 Å². The van der Waals surface area contributed by atoms with E-state index in [4.69, 9.17) is 4.42 Å². The quantitative estimate of drug-likeness (QED) is 0.846. The largest absolute Gasteiger partial charge is 0.480 e. The maximum atomic E-state index is 12.8. The number of hydrogen-bond donors (Lipinski definition) is 1. The molecule has 0 aliphatic carbocycles. The van der Waals surface area contributed by atoms with E-state index in [2.05, 4.69) is 0 Å². The maximum absolute atomic E-state index is 12.8. The van der Waals surface area contributed by atoms with Crippen LogP contribution in [0.15, 0.2) is 15.4 Å². The Kier molecular flexibility index (Phi) is 5.12. The zero-order valence-electron chi connectivity index (χ0n) is 15.0. The SMILES string of the molecule is Cc1oc(C(=O)N2CCC(C)CC2C(=O)O)cc1S(=O)(=O)N1CCCC1. The summed E-state index contributed by atoms with van der Waals surface area (Å²) >= 11 is 0. The molecule has 0 bridgehead atoms. The Morgan fingerprint density at radius 2 is 1.88 bits per heavy atom. The Morgan fingerprint density at radius 3 is 2.50 bits per heavy atom. The third-order valence-electron chi connectivity index (χ3n) is 5.18. The molecule has 2 aliphatic heterocycles. The highest BCUT2D eigenvalue weighted by Gasteiger charge is 2.38. The molecule has 3 heterocycles. The van der Waals surface area contributed by atoms with E-state index >= 15 is 0 Å². The zero-order chi connectivity index (χ0) is 19.1. The summed E-state index contributed by atoms with van der Waals surface area (Å²) in [5.74, 6) is -1.39. The number of nitrogens with zero attached hydrogens (tertiary/aromatic N) is 2. The van der Waals surface area contributed by atoms with Crippen molar-refractivity contribution < 1.29 is 27.5 Å². The van der Waals surface area contributed by atoms with Crippen LogP contribution in [0.2, 0.25) is 0 Å². The van der Waals surface area contributed by atoms with Gasteiger partial charge in [0.2, 0.25) is 10.0 Å². The zero-order valence-corrected chi connectivity index (χ0v) is 15.8. The highest BCUT2D eigenvalue weighted by Crippen LogP contribution is 2.29. The summed E-state index contributed by atoms with van der Waals surface area (Å²) < 4.78 is 32.3. The van der Waals surface area contributed by atoms with Crippen LogP contribution in [0.25, 0.3) is 0 Å². The van der Waals surface area contributed by atoms with Gasteiger partial charge < -0.3 is 14.4 Å². The van der Waals surface area contributed by atoms with E-state index in [1.807, 2.05) is 6.92 Å². The second kappa shape index (κ2) is 7.03. The third kappa shape index (κ3) is 3.37. The molecule has 0 saturated carbocycles. The lowest BCUT2D eigenvalue weighted by molar-refractivity contribution is -0.144. The number of aliphatic carboxylic acids is 1. The molecule has 0 aromatic carbocycles. The molecule has 2 fully saturated rings. The third-order valence-corrected chi connectivity index (χ3v) is 7.18. The van der Waals surface area contributed by atoms with Crippen molar-refractivity contribution in [2.75, 3.05) is 19.6 Å². The molecule has 1 amide bonds. The molecule has 1 aromatic heterocycles. The molecule has 1 aromatic rings. The summed E-state index contributed by atoms with van der Waals surface area (Å²) in [6.45, 7) is 4.69. The van der Waals surface area contributed by atoms with Crippen LogP contribution < -0.4 is 0 Å². The van der Waals surface area contributed by atoms with Crippen molar-refractivity contribution in [2.24, 2.45) is 5.92 Å². The predicted octanol–water partition coefficient (Wildman–Crippen LogP) is 1.70. The number of rotatable bonds is 4. The van der Waals surface area contributed by atoms with Crippen molar-refractivity contribution in [1.82, 2.24) is 9.21 Å². The van der Waals surface area contributed by atoms with Crippen molar-refractivity contribution in [3.8, 4) is 0 Å². The summed E-state index contributed by atoms with van der Waals surface area (Å²) in [5, 5.41) is 9.43. The fourth-order valence-electron chi connectivity index (χ4n) is 3.65. The minimum Gasteiger partial charge on any atom is -0.480 e. The van der Waals surface area contributed by atoms with Gasteiger partial charge in [0.15, 0.2) is 5.76 Å². The van der Waals surface area contributed by atoms with Crippen LogP contribution >= 0.6 is 0 Å². The molecule has 2 saturated heterocycles. The fourth-order valence-corrected chi connectivity index (χ4v) is 5.33. The highest BCUT2D eigenvalue weighted by atomic mass is 32.2. The van der Waals surface area contributed by atoms with Gasteiger partial charge in [-0.2, -0.15) is 4.31 Å². The molecule has 9 heteroatoms. The second-order valence-corrected chi connectivity index (χ2v) is 9.03. The Labute approximate surface area is 152 Å². The minimum absolute atomic E-state index is 0.0139. The Hall–Kier alpha value is -1.87. The van der Waals surface area contributed by atoms with Gasteiger partial charge in [0.25, 0.3) is 5.91 Å². The number of carbonyl (C=O) groups is 2. The number of piperidine rings is 1. The molecule has 8 nitrogen and oxygen atoms in total. The minimum atomic E-state index is -3.70. The van der Waals surface area contributed by atoms with Crippen molar-refractivity contribution in [3.05, 3.63) is 17.6 Å². The van der Waals surface area contributed by atoms with Crippen molar-refractivity contribution >= 4 is 21.9 Å². The van der Waals surface area contributed by atoms with Crippen LogP contribution in [0, 0.1) is 12.8 Å². The first-order chi connectivity index (χ1) is 12.2. The number of carboxylic acid groups (broad SMARTS) is 1. The van der Waals surface area contributed by atoms with E-state index in [1.54, 1.807) is 0 Å². The standard InChI is InChI=1S/C17H24N2O6S/c1-11-5-8-19(13(9-11)17(21)22)16(20)14-10-15(12(2)25-14)26(23,24)18-6-3-4-7-18/h10-11,13H,3-9H2,1-2H3,(H,21,22). The fraction of sp³-hybridized carbons (Fsp3) is 0.647. The van der Waals surface area contributed by atoms with Crippen LogP contribution in [0.4, 0.5) is 0 Å². The highest BCUT2D eigenvalue weighted by molar-refractivity contribution is 7.89. The molecule has 1 N–H and O–H groups in total. The van der Waals surface area contributed by atoms with Gasteiger partial charge >= 0.3 is 5.97 Å². The molecule has 3 rings (SSSR count). The number of amides is 1. The molecular weight excluding hydrogens is 360 g/mol. The van der Waals surface area contributed by atoms with E-state index in [-0.39, 0.29) is 22.3 Å². The molecule has 144 valence electrons. The lowest BCUT2D eigenvalue weighted by Crippen LogP contribution is -2.49. The predicted molar refractivity (Wildman–Crippen MR) is 92.3 cm³/mol. The Morgan fingerprint density at radius 1 is 1.23 bits per heavy atom. The first kappa shape index (κ1) is 18.9. The van der Waals surface area contributed by atoms with Crippen molar-refractivity contribution in [1.29, 1.82) is 0 Å². The number of aryl methyl sites for hydroxylation is 1.